The number of rotatable bonds is 3. The lowest BCUT2D eigenvalue weighted by atomic mass is 9.98. The summed E-state index contributed by atoms with van der Waals surface area (Å²) in [5.74, 6) is -1.20. The van der Waals surface area contributed by atoms with E-state index < -0.39 is 5.97 Å². The van der Waals surface area contributed by atoms with Crippen LogP contribution in [0.1, 0.15) is 57.1 Å². The van der Waals surface area contributed by atoms with Crippen molar-refractivity contribution >= 4 is 28.9 Å². The lowest BCUT2D eigenvalue weighted by molar-refractivity contribution is 0.0696. The van der Waals surface area contributed by atoms with Gasteiger partial charge < -0.3 is 10.4 Å². The standard InChI is InChI=1S/C17H20N2O3S/c1-9-8-11(6-7-12(9)15(21)22)19-14(20)13-10(2)18-16(23-13)17(3,4)5/h6-8H,1-5H3,(H,19,20)(H,21,22). The molecule has 5 nitrogen and oxygen atoms in total. The summed E-state index contributed by atoms with van der Waals surface area (Å²) in [5.41, 5.74) is 2.01. The first-order valence-corrected chi connectivity index (χ1v) is 8.04. The number of aromatic nitrogens is 1. The molecule has 2 rings (SSSR count). The molecule has 0 bridgehead atoms. The van der Waals surface area contributed by atoms with Crippen LogP contribution >= 0.6 is 11.3 Å². The number of anilines is 1. The molecule has 23 heavy (non-hydrogen) atoms. The van der Waals surface area contributed by atoms with Crippen molar-refractivity contribution in [2.24, 2.45) is 0 Å². The number of hydrogen-bond donors (Lipinski definition) is 2. The number of carbonyl (C=O) groups is 2. The van der Waals surface area contributed by atoms with Crippen LogP contribution in [-0.4, -0.2) is 22.0 Å². The van der Waals surface area contributed by atoms with E-state index in [4.69, 9.17) is 5.11 Å². The maximum absolute atomic E-state index is 12.4. The van der Waals surface area contributed by atoms with Gasteiger partial charge in [-0.15, -0.1) is 11.3 Å². The predicted molar refractivity (Wildman–Crippen MR) is 91.6 cm³/mol. The topological polar surface area (TPSA) is 79.3 Å². The Hall–Kier alpha value is -2.21. The van der Waals surface area contributed by atoms with Crippen LogP contribution in [0.25, 0.3) is 0 Å². The maximum atomic E-state index is 12.4. The molecule has 2 N–H and O–H groups in total. The van der Waals surface area contributed by atoms with Crippen molar-refractivity contribution in [1.29, 1.82) is 0 Å². The zero-order valence-electron chi connectivity index (χ0n) is 13.9. The third-order valence-corrected chi connectivity index (χ3v) is 4.94. The van der Waals surface area contributed by atoms with Gasteiger partial charge in [-0.05, 0) is 37.6 Å². The monoisotopic (exact) mass is 332 g/mol. The Balaban J connectivity index is 2.24. The molecule has 0 fully saturated rings. The second-order valence-corrected chi connectivity index (χ2v) is 7.47. The Bertz CT molecular complexity index is 773. The van der Waals surface area contributed by atoms with Gasteiger partial charge in [-0.1, -0.05) is 20.8 Å². The summed E-state index contributed by atoms with van der Waals surface area (Å²) in [6.45, 7) is 9.69. The second-order valence-electron chi connectivity index (χ2n) is 6.47. The smallest absolute Gasteiger partial charge is 0.335 e. The lowest BCUT2D eigenvalue weighted by Crippen LogP contribution is -2.12. The van der Waals surface area contributed by atoms with Crippen LogP contribution in [0.2, 0.25) is 0 Å². The van der Waals surface area contributed by atoms with Crippen molar-refractivity contribution in [1.82, 2.24) is 4.98 Å². The van der Waals surface area contributed by atoms with E-state index >= 15 is 0 Å². The number of nitrogens with one attached hydrogen (secondary N) is 1. The highest BCUT2D eigenvalue weighted by Gasteiger charge is 2.23. The minimum Gasteiger partial charge on any atom is -0.478 e. The molecule has 6 heteroatoms. The molecular weight excluding hydrogens is 312 g/mol. The normalized spacial score (nSPS) is 11.3. The largest absolute Gasteiger partial charge is 0.478 e. The van der Waals surface area contributed by atoms with Crippen LogP contribution in [0.5, 0.6) is 0 Å². The van der Waals surface area contributed by atoms with Gasteiger partial charge >= 0.3 is 5.97 Å². The molecule has 0 aliphatic rings. The first kappa shape index (κ1) is 17.1. The van der Waals surface area contributed by atoms with E-state index in [0.29, 0.717) is 21.8 Å². The van der Waals surface area contributed by atoms with Gasteiger partial charge in [0.1, 0.15) is 4.88 Å². The highest BCUT2D eigenvalue weighted by molar-refractivity contribution is 7.14. The summed E-state index contributed by atoms with van der Waals surface area (Å²) in [5, 5.41) is 12.8. The summed E-state index contributed by atoms with van der Waals surface area (Å²) in [6, 6.07) is 4.74. The number of carboxylic acid groups (broad SMARTS) is 1. The SMILES string of the molecule is Cc1cc(NC(=O)c2sc(C(C)(C)C)nc2C)ccc1C(=O)O. The fourth-order valence-electron chi connectivity index (χ4n) is 2.10. The van der Waals surface area contributed by atoms with Gasteiger partial charge in [0.15, 0.2) is 0 Å². The van der Waals surface area contributed by atoms with E-state index in [1.165, 1.54) is 17.4 Å². The number of nitrogens with zero attached hydrogens (tertiary/aromatic N) is 1. The third-order valence-electron chi connectivity index (χ3n) is 3.36. The molecule has 0 atom stereocenters. The maximum Gasteiger partial charge on any atom is 0.335 e. The number of hydrogen-bond acceptors (Lipinski definition) is 4. The van der Waals surface area contributed by atoms with Gasteiger partial charge in [0.05, 0.1) is 16.3 Å². The molecule has 0 saturated heterocycles. The highest BCUT2D eigenvalue weighted by Crippen LogP contribution is 2.29. The number of aromatic carboxylic acids is 1. The van der Waals surface area contributed by atoms with Crippen molar-refractivity contribution in [2.75, 3.05) is 5.32 Å². The van der Waals surface area contributed by atoms with Gasteiger partial charge in [0, 0.05) is 11.1 Å². The van der Waals surface area contributed by atoms with Gasteiger partial charge in [0.2, 0.25) is 0 Å². The number of thiazole rings is 1. The second kappa shape index (κ2) is 6.12. The minimum absolute atomic E-state index is 0.103. The number of aryl methyl sites for hydroxylation is 2. The van der Waals surface area contributed by atoms with E-state index in [9.17, 15) is 9.59 Å². The molecular formula is C17H20N2O3S. The van der Waals surface area contributed by atoms with Gasteiger partial charge in [-0.25, -0.2) is 9.78 Å². The molecule has 0 aliphatic heterocycles. The lowest BCUT2D eigenvalue weighted by Gasteiger charge is -2.13. The van der Waals surface area contributed by atoms with Gasteiger partial charge in [-0.3, -0.25) is 4.79 Å². The van der Waals surface area contributed by atoms with E-state index in [1.54, 1.807) is 19.1 Å². The molecule has 0 spiro atoms. The molecule has 1 aromatic heterocycles. The van der Waals surface area contributed by atoms with E-state index in [0.717, 1.165) is 5.01 Å². The van der Waals surface area contributed by atoms with E-state index in [-0.39, 0.29) is 16.9 Å². The fraction of sp³-hybridized carbons (Fsp3) is 0.353. The highest BCUT2D eigenvalue weighted by atomic mass is 32.1. The summed E-state index contributed by atoms with van der Waals surface area (Å²) in [7, 11) is 0. The average molecular weight is 332 g/mol. The number of benzene rings is 1. The summed E-state index contributed by atoms with van der Waals surface area (Å²) in [6.07, 6.45) is 0. The zero-order chi connectivity index (χ0) is 17.4. The Morgan fingerprint density at radius 3 is 2.35 bits per heavy atom. The quantitative estimate of drug-likeness (QED) is 0.890. The number of carboxylic acids is 1. The van der Waals surface area contributed by atoms with Crippen molar-refractivity contribution in [3.8, 4) is 0 Å². The van der Waals surface area contributed by atoms with Crippen molar-refractivity contribution < 1.29 is 14.7 Å². The molecule has 1 amide bonds. The van der Waals surface area contributed by atoms with Crippen LogP contribution in [0, 0.1) is 13.8 Å². The number of amides is 1. The number of carbonyl (C=O) groups excluding carboxylic acids is 1. The first-order valence-electron chi connectivity index (χ1n) is 7.23. The molecule has 1 aromatic carbocycles. The van der Waals surface area contributed by atoms with Crippen LogP contribution in [-0.2, 0) is 5.41 Å². The fourth-order valence-corrected chi connectivity index (χ4v) is 3.12. The Kier molecular flexibility index (Phi) is 4.56. The summed E-state index contributed by atoms with van der Waals surface area (Å²) < 4.78 is 0. The minimum atomic E-state index is -0.978. The molecule has 0 unspecified atom stereocenters. The zero-order valence-corrected chi connectivity index (χ0v) is 14.7. The molecule has 2 aromatic rings. The first-order chi connectivity index (χ1) is 10.6. The van der Waals surface area contributed by atoms with Gasteiger partial charge in [0.25, 0.3) is 5.91 Å². The van der Waals surface area contributed by atoms with E-state index in [2.05, 4.69) is 31.1 Å². The molecule has 1 heterocycles. The summed E-state index contributed by atoms with van der Waals surface area (Å²) >= 11 is 1.39. The van der Waals surface area contributed by atoms with Crippen molar-refractivity contribution in [3.05, 3.63) is 44.9 Å². The van der Waals surface area contributed by atoms with Crippen LogP contribution in [0.3, 0.4) is 0 Å². The molecule has 0 radical (unpaired) electrons. The van der Waals surface area contributed by atoms with Crippen molar-refractivity contribution in [3.63, 3.8) is 0 Å². The Labute approximate surface area is 139 Å². The predicted octanol–water partition coefficient (Wildman–Crippen LogP) is 4.01. The molecule has 122 valence electrons. The van der Waals surface area contributed by atoms with E-state index in [1.807, 2.05) is 6.92 Å². The molecule has 0 saturated carbocycles. The molecule has 0 aliphatic carbocycles. The third kappa shape index (κ3) is 3.76. The Morgan fingerprint density at radius 2 is 1.87 bits per heavy atom. The van der Waals surface area contributed by atoms with Gasteiger partial charge in [-0.2, -0.15) is 0 Å². The van der Waals surface area contributed by atoms with Crippen LogP contribution in [0.4, 0.5) is 5.69 Å². The van der Waals surface area contributed by atoms with Crippen molar-refractivity contribution in [2.45, 2.75) is 40.0 Å². The Morgan fingerprint density at radius 1 is 1.22 bits per heavy atom. The summed E-state index contributed by atoms with van der Waals surface area (Å²) in [4.78, 5) is 28.5. The van der Waals surface area contributed by atoms with Crippen LogP contribution in [0.15, 0.2) is 18.2 Å². The van der Waals surface area contributed by atoms with Crippen LogP contribution < -0.4 is 5.32 Å². The average Bonchev–Trinajstić information content (AvgIpc) is 2.80.